The highest BCUT2D eigenvalue weighted by Gasteiger charge is 2.08. The summed E-state index contributed by atoms with van der Waals surface area (Å²) in [6.07, 6.45) is 3.64. The molecule has 0 bridgehead atoms. The number of nitrogens with zero attached hydrogens (tertiary/aromatic N) is 2. The van der Waals surface area contributed by atoms with Crippen LogP contribution in [-0.2, 0) is 6.54 Å². The van der Waals surface area contributed by atoms with Crippen molar-refractivity contribution in [3.63, 3.8) is 0 Å². The van der Waals surface area contributed by atoms with Gasteiger partial charge in [0.05, 0.1) is 11.0 Å². The second-order valence-corrected chi connectivity index (χ2v) is 9.01. The first-order valence-corrected chi connectivity index (χ1v) is 12.4. The molecule has 6 rings (SSSR count). The number of imidazole rings is 1. The van der Waals surface area contributed by atoms with Crippen LogP contribution in [0.4, 0.5) is 11.4 Å². The van der Waals surface area contributed by atoms with Crippen molar-refractivity contribution in [2.45, 2.75) is 6.54 Å². The van der Waals surface area contributed by atoms with Gasteiger partial charge in [0.25, 0.3) is 5.91 Å². The van der Waals surface area contributed by atoms with Gasteiger partial charge in [0.2, 0.25) is 0 Å². The van der Waals surface area contributed by atoms with E-state index in [9.17, 15) is 4.79 Å². The molecule has 0 spiro atoms. The first-order chi connectivity index (χ1) is 18.7. The molecule has 184 valence electrons. The predicted octanol–water partition coefficient (Wildman–Crippen LogP) is 7.16. The number of fused-ring (bicyclic) bond motifs is 1. The SMILES string of the molecule is O=C(Nc1ccc(CNc2ccc(-c3nc4ccc(-c5cccnc5)cc4[nH]3)cc2)cc1)c1ccccc1. The van der Waals surface area contributed by atoms with E-state index in [4.69, 9.17) is 4.98 Å². The number of carbonyl (C=O) groups is 1. The molecule has 6 nitrogen and oxygen atoms in total. The van der Waals surface area contributed by atoms with Gasteiger partial charge in [0.1, 0.15) is 5.82 Å². The molecule has 6 aromatic rings. The Labute approximate surface area is 220 Å². The van der Waals surface area contributed by atoms with Gasteiger partial charge in [-0.25, -0.2) is 4.98 Å². The smallest absolute Gasteiger partial charge is 0.255 e. The topological polar surface area (TPSA) is 82.7 Å². The van der Waals surface area contributed by atoms with E-state index < -0.39 is 0 Å². The Morgan fingerprint density at radius 2 is 1.50 bits per heavy atom. The largest absolute Gasteiger partial charge is 0.381 e. The third-order valence-electron chi connectivity index (χ3n) is 6.38. The normalized spacial score (nSPS) is 10.8. The summed E-state index contributed by atoms with van der Waals surface area (Å²) in [6, 6.07) is 35.5. The van der Waals surface area contributed by atoms with Crippen LogP contribution in [0.15, 0.2) is 122 Å². The number of carbonyl (C=O) groups excluding carboxylic acids is 1. The lowest BCUT2D eigenvalue weighted by atomic mass is 10.1. The zero-order valence-electron chi connectivity index (χ0n) is 20.6. The molecule has 0 aliphatic rings. The van der Waals surface area contributed by atoms with Crippen LogP contribution in [0.1, 0.15) is 15.9 Å². The fourth-order valence-corrected chi connectivity index (χ4v) is 4.31. The molecule has 0 aliphatic carbocycles. The zero-order chi connectivity index (χ0) is 25.7. The van der Waals surface area contributed by atoms with Gasteiger partial charge in [-0.3, -0.25) is 9.78 Å². The van der Waals surface area contributed by atoms with E-state index in [1.165, 1.54) is 0 Å². The number of benzene rings is 4. The van der Waals surface area contributed by atoms with E-state index in [1.54, 1.807) is 18.3 Å². The summed E-state index contributed by atoms with van der Waals surface area (Å²) in [5.74, 6) is 0.720. The van der Waals surface area contributed by atoms with Gasteiger partial charge in [0.15, 0.2) is 0 Å². The van der Waals surface area contributed by atoms with Gasteiger partial charge < -0.3 is 15.6 Å². The fourth-order valence-electron chi connectivity index (χ4n) is 4.31. The van der Waals surface area contributed by atoms with Gasteiger partial charge in [0, 0.05) is 47.0 Å². The molecule has 2 aromatic heterocycles. The van der Waals surface area contributed by atoms with Crippen molar-refractivity contribution < 1.29 is 4.79 Å². The molecule has 0 aliphatic heterocycles. The quantitative estimate of drug-likeness (QED) is 0.219. The Hall–Kier alpha value is -5.23. The average molecular weight is 496 g/mol. The number of rotatable bonds is 7. The lowest BCUT2D eigenvalue weighted by Crippen LogP contribution is -2.11. The third kappa shape index (κ3) is 5.15. The van der Waals surface area contributed by atoms with Crippen molar-refractivity contribution in [1.82, 2.24) is 15.0 Å². The molecule has 0 unspecified atom stereocenters. The van der Waals surface area contributed by atoms with Crippen LogP contribution in [0, 0.1) is 0 Å². The number of aromatic amines is 1. The second-order valence-electron chi connectivity index (χ2n) is 9.01. The van der Waals surface area contributed by atoms with Gasteiger partial charge in [-0.05, 0) is 77.9 Å². The van der Waals surface area contributed by atoms with Gasteiger partial charge >= 0.3 is 0 Å². The Morgan fingerprint density at radius 1 is 0.737 bits per heavy atom. The number of nitrogens with one attached hydrogen (secondary N) is 3. The maximum absolute atomic E-state index is 12.3. The second kappa shape index (κ2) is 10.4. The summed E-state index contributed by atoms with van der Waals surface area (Å²) >= 11 is 0. The summed E-state index contributed by atoms with van der Waals surface area (Å²) in [7, 11) is 0. The van der Waals surface area contributed by atoms with E-state index in [0.29, 0.717) is 12.1 Å². The zero-order valence-corrected chi connectivity index (χ0v) is 20.6. The summed E-state index contributed by atoms with van der Waals surface area (Å²) in [6.45, 7) is 0.675. The number of pyridine rings is 1. The Kier molecular flexibility index (Phi) is 6.35. The minimum absolute atomic E-state index is 0.116. The van der Waals surface area contributed by atoms with Crippen LogP contribution >= 0.6 is 0 Å². The van der Waals surface area contributed by atoms with Crippen LogP contribution < -0.4 is 10.6 Å². The predicted molar refractivity (Wildman–Crippen MR) is 153 cm³/mol. The number of hydrogen-bond donors (Lipinski definition) is 3. The van der Waals surface area contributed by atoms with E-state index >= 15 is 0 Å². The molecular formula is C32H25N5O. The summed E-state index contributed by atoms with van der Waals surface area (Å²) in [5.41, 5.74) is 8.67. The van der Waals surface area contributed by atoms with Crippen molar-refractivity contribution in [3.05, 3.63) is 133 Å². The molecule has 4 aromatic carbocycles. The summed E-state index contributed by atoms with van der Waals surface area (Å²) in [5, 5.41) is 6.38. The van der Waals surface area contributed by atoms with Gasteiger partial charge in [-0.2, -0.15) is 0 Å². The van der Waals surface area contributed by atoms with E-state index in [-0.39, 0.29) is 5.91 Å². The lowest BCUT2D eigenvalue weighted by molar-refractivity contribution is 0.102. The van der Waals surface area contributed by atoms with Gasteiger partial charge in [-0.1, -0.05) is 42.5 Å². The average Bonchev–Trinajstić information content (AvgIpc) is 3.42. The summed E-state index contributed by atoms with van der Waals surface area (Å²) in [4.78, 5) is 24.8. The molecular weight excluding hydrogens is 470 g/mol. The summed E-state index contributed by atoms with van der Waals surface area (Å²) < 4.78 is 0. The number of amides is 1. The molecule has 0 radical (unpaired) electrons. The highest BCUT2D eigenvalue weighted by atomic mass is 16.1. The minimum Gasteiger partial charge on any atom is -0.381 e. The Bertz CT molecular complexity index is 1680. The maximum Gasteiger partial charge on any atom is 0.255 e. The molecule has 1 amide bonds. The van der Waals surface area contributed by atoms with E-state index in [0.717, 1.165) is 50.5 Å². The van der Waals surface area contributed by atoms with Crippen molar-refractivity contribution >= 4 is 28.3 Å². The minimum atomic E-state index is -0.116. The molecule has 6 heteroatoms. The number of anilines is 2. The Balaban J connectivity index is 1.08. The maximum atomic E-state index is 12.3. The molecule has 0 saturated heterocycles. The van der Waals surface area contributed by atoms with Gasteiger partial charge in [-0.15, -0.1) is 0 Å². The Morgan fingerprint density at radius 3 is 2.26 bits per heavy atom. The van der Waals surface area contributed by atoms with Crippen molar-refractivity contribution in [2.24, 2.45) is 0 Å². The van der Waals surface area contributed by atoms with Crippen molar-refractivity contribution in [2.75, 3.05) is 10.6 Å². The van der Waals surface area contributed by atoms with Crippen LogP contribution in [0.5, 0.6) is 0 Å². The number of aromatic nitrogens is 3. The van der Waals surface area contributed by atoms with E-state index in [2.05, 4.69) is 63.1 Å². The highest BCUT2D eigenvalue weighted by molar-refractivity contribution is 6.04. The molecule has 38 heavy (non-hydrogen) atoms. The lowest BCUT2D eigenvalue weighted by Gasteiger charge is -2.09. The van der Waals surface area contributed by atoms with Crippen LogP contribution in [-0.4, -0.2) is 20.9 Å². The number of hydrogen-bond acceptors (Lipinski definition) is 4. The van der Waals surface area contributed by atoms with Crippen molar-refractivity contribution in [1.29, 1.82) is 0 Å². The molecule has 0 fully saturated rings. The highest BCUT2D eigenvalue weighted by Crippen LogP contribution is 2.26. The first kappa shape index (κ1) is 23.2. The monoisotopic (exact) mass is 495 g/mol. The first-order valence-electron chi connectivity index (χ1n) is 12.4. The fraction of sp³-hybridized carbons (Fsp3) is 0.0312. The third-order valence-corrected chi connectivity index (χ3v) is 6.38. The number of H-pyrrole nitrogens is 1. The van der Waals surface area contributed by atoms with Crippen molar-refractivity contribution in [3.8, 4) is 22.5 Å². The van der Waals surface area contributed by atoms with Crippen LogP contribution in [0.3, 0.4) is 0 Å². The van der Waals surface area contributed by atoms with E-state index in [1.807, 2.05) is 60.8 Å². The standard InChI is InChI=1S/C32H25N5O/c38-32(24-5-2-1-3-6-24)35-28-13-8-22(9-14-28)20-34-27-15-10-23(11-16-27)31-36-29-17-12-25(19-30(29)37-31)26-7-4-18-33-21-26/h1-19,21,34H,20H2,(H,35,38)(H,36,37). The molecule has 2 heterocycles. The molecule has 3 N–H and O–H groups in total. The van der Waals surface area contributed by atoms with Crippen LogP contribution in [0.2, 0.25) is 0 Å². The molecule has 0 atom stereocenters. The molecule has 0 saturated carbocycles. The van der Waals surface area contributed by atoms with Crippen LogP contribution in [0.25, 0.3) is 33.5 Å².